The van der Waals surface area contributed by atoms with Gasteiger partial charge in [-0.05, 0) is 37.6 Å². The first-order valence-electron chi connectivity index (χ1n) is 7.91. The molecule has 1 unspecified atom stereocenters. The number of ether oxygens (including phenoxy) is 2. The van der Waals surface area contributed by atoms with E-state index in [2.05, 4.69) is 4.74 Å². The van der Waals surface area contributed by atoms with E-state index in [-0.39, 0.29) is 25.4 Å². The molecule has 24 heavy (non-hydrogen) atoms. The zero-order valence-corrected chi connectivity index (χ0v) is 14.4. The average Bonchev–Trinajstić information content (AvgIpc) is 2.57. The quantitative estimate of drug-likeness (QED) is 0.551. The minimum atomic E-state index is -0.675. The molecule has 1 N–H and O–H groups in total. The molecular formula is C18H25NO5. The number of nitrogens with zero attached hydrogens (tertiary/aromatic N) is 1. The number of carbonyl (C=O) groups excluding carboxylic acids is 2. The van der Waals surface area contributed by atoms with Gasteiger partial charge in [-0.15, -0.1) is 0 Å². The Morgan fingerprint density at radius 3 is 2.50 bits per heavy atom. The lowest BCUT2D eigenvalue weighted by molar-refractivity contribution is -0.141. The van der Waals surface area contributed by atoms with E-state index in [1.54, 1.807) is 13.0 Å². The molecule has 0 aromatic heterocycles. The van der Waals surface area contributed by atoms with Crippen molar-refractivity contribution in [3.63, 3.8) is 0 Å². The summed E-state index contributed by atoms with van der Waals surface area (Å²) >= 11 is 0. The van der Waals surface area contributed by atoms with E-state index >= 15 is 0 Å². The number of rotatable bonds is 9. The van der Waals surface area contributed by atoms with Crippen LogP contribution in [0.5, 0.6) is 5.75 Å². The number of aliphatic hydroxyl groups is 1. The maximum atomic E-state index is 12.3. The van der Waals surface area contributed by atoms with Gasteiger partial charge in [0.05, 0.1) is 26.2 Å². The van der Waals surface area contributed by atoms with Crippen LogP contribution in [-0.4, -0.2) is 54.8 Å². The Hall–Kier alpha value is -2.34. The monoisotopic (exact) mass is 335 g/mol. The molecule has 0 radical (unpaired) electrons. The Morgan fingerprint density at radius 1 is 1.29 bits per heavy atom. The van der Waals surface area contributed by atoms with Crippen LogP contribution in [0.3, 0.4) is 0 Å². The summed E-state index contributed by atoms with van der Waals surface area (Å²) in [5.41, 5.74) is 0.858. The van der Waals surface area contributed by atoms with E-state index in [0.29, 0.717) is 6.61 Å². The highest BCUT2D eigenvalue weighted by molar-refractivity contribution is 5.92. The molecular weight excluding hydrogens is 310 g/mol. The average molecular weight is 335 g/mol. The summed E-state index contributed by atoms with van der Waals surface area (Å²) in [4.78, 5) is 24.9. The molecule has 0 aliphatic carbocycles. The van der Waals surface area contributed by atoms with Crippen LogP contribution in [0.15, 0.2) is 30.3 Å². The van der Waals surface area contributed by atoms with Gasteiger partial charge in [0.25, 0.3) is 0 Å². The van der Waals surface area contributed by atoms with Crippen LogP contribution < -0.4 is 4.74 Å². The first-order valence-corrected chi connectivity index (χ1v) is 7.91. The maximum Gasteiger partial charge on any atom is 0.307 e. The number of aliphatic hydroxyl groups excluding tert-OH is 1. The normalized spacial score (nSPS) is 12.0. The summed E-state index contributed by atoms with van der Waals surface area (Å²) in [6, 6.07) is 7.36. The third kappa shape index (κ3) is 7.28. The number of amides is 1. The highest BCUT2D eigenvalue weighted by atomic mass is 16.5. The predicted molar refractivity (Wildman–Crippen MR) is 91.5 cm³/mol. The van der Waals surface area contributed by atoms with Crippen molar-refractivity contribution < 1.29 is 24.2 Å². The van der Waals surface area contributed by atoms with Crippen LogP contribution in [0, 0.1) is 0 Å². The smallest absolute Gasteiger partial charge is 0.307 e. The van der Waals surface area contributed by atoms with E-state index in [0.717, 1.165) is 11.3 Å². The van der Waals surface area contributed by atoms with Crippen molar-refractivity contribution in [3.8, 4) is 5.75 Å². The van der Waals surface area contributed by atoms with Crippen LogP contribution in [0.1, 0.15) is 25.8 Å². The molecule has 0 saturated carbocycles. The van der Waals surface area contributed by atoms with E-state index in [1.165, 1.54) is 18.1 Å². The second kappa shape index (κ2) is 10.4. The summed E-state index contributed by atoms with van der Waals surface area (Å²) in [5.74, 6) is 0.109. The molecule has 0 spiro atoms. The van der Waals surface area contributed by atoms with Crippen molar-refractivity contribution in [2.75, 3.05) is 26.8 Å². The minimum Gasteiger partial charge on any atom is -0.494 e. The SMILES string of the molecule is CCOc1ccc(/C=C/C(=O)N(CCC(=O)OC)CC(C)O)cc1. The van der Waals surface area contributed by atoms with Crippen molar-refractivity contribution in [2.45, 2.75) is 26.4 Å². The number of benzene rings is 1. The lowest BCUT2D eigenvalue weighted by Crippen LogP contribution is -2.37. The van der Waals surface area contributed by atoms with Crippen LogP contribution in [0.25, 0.3) is 6.08 Å². The first kappa shape index (κ1) is 19.7. The zero-order valence-electron chi connectivity index (χ0n) is 14.4. The van der Waals surface area contributed by atoms with Gasteiger partial charge in [0, 0.05) is 19.2 Å². The maximum absolute atomic E-state index is 12.3. The zero-order chi connectivity index (χ0) is 17.9. The van der Waals surface area contributed by atoms with E-state index in [1.807, 2.05) is 31.2 Å². The molecule has 0 bridgehead atoms. The van der Waals surface area contributed by atoms with E-state index in [9.17, 15) is 14.7 Å². The molecule has 0 aliphatic heterocycles. The topological polar surface area (TPSA) is 76.1 Å². The number of hydrogen-bond acceptors (Lipinski definition) is 5. The highest BCUT2D eigenvalue weighted by Crippen LogP contribution is 2.13. The standard InChI is InChI=1S/C18H25NO5/c1-4-24-16-8-5-15(6-9-16)7-10-17(21)19(13-14(2)20)12-11-18(22)23-3/h5-10,14,20H,4,11-13H2,1-3H3/b10-7+. The Labute approximate surface area is 142 Å². The van der Waals surface area contributed by atoms with Crippen LogP contribution in [-0.2, 0) is 14.3 Å². The van der Waals surface area contributed by atoms with Gasteiger partial charge in [-0.1, -0.05) is 12.1 Å². The first-order chi connectivity index (χ1) is 11.5. The fourth-order valence-electron chi connectivity index (χ4n) is 2.05. The van der Waals surface area contributed by atoms with Gasteiger partial charge in [0.2, 0.25) is 5.91 Å². The number of carbonyl (C=O) groups is 2. The summed E-state index contributed by atoms with van der Waals surface area (Å²) in [6.45, 7) is 4.46. The molecule has 1 amide bonds. The van der Waals surface area contributed by atoms with Gasteiger partial charge in [-0.2, -0.15) is 0 Å². The Bertz CT molecular complexity index is 551. The Kier molecular flexibility index (Phi) is 8.57. The summed E-state index contributed by atoms with van der Waals surface area (Å²) < 4.78 is 9.94. The molecule has 6 heteroatoms. The van der Waals surface area contributed by atoms with Gasteiger partial charge in [0.15, 0.2) is 0 Å². The Morgan fingerprint density at radius 2 is 1.96 bits per heavy atom. The lowest BCUT2D eigenvalue weighted by Gasteiger charge is -2.22. The van der Waals surface area contributed by atoms with Crippen molar-refractivity contribution in [2.24, 2.45) is 0 Å². The second-order valence-electron chi connectivity index (χ2n) is 5.29. The van der Waals surface area contributed by atoms with E-state index in [4.69, 9.17) is 4.74 Å². The predicted octanol–water partition coefficient (Wildman–Crippen LogP) is 1.87. The van der Waals surface area contributed by atoms with Gasteiger partial charge < -0.3 is 19.5 Å². The number of esters is 1. The third-order valence-electron chi connectivity index (χ3n) is 3.22. The molecule has 1 rings (SSSR count). The highest BCUT2D eigenvalue weighted by Gasteiger charge is 2.15. The van der Waals surface area contributed by atoms with Gasteiger partial charge in [-0.3, -0.25) is 9.59 Å². The van der Waals surface area contributed by atoms with Crippen molar-refractivity contribution in [3.05, 3.63) is 35.9 Å². The van der Waals surface area contributed by atoms with Crippen LogP contribution >= 0.6 is 0 Å². The van der Waals surface area contributed by atoms with Gasteiger partial charge in [0.1, 0.15) is 5.75 Å². The molecule has 0 aliphatic rings. The number of methoxy groups -OCH3 is 1. The van der Waals surface area contributed by atoms with Crippen molar-refractivity contribution >= 4 is 18.0 Å². The van der Waals surface area contributed by atoms with E-state index < -0.39 is 12.1 Å². The molecule has 0 heterocycles. The van der Waals surface area contributed by atoms with Crippen LogP contribution in [0.4, 0.5) is 0 Å². The fourth-order valence-corrected chi connectivity index (χ4v) is 2.05. The molecule has 6 nitrogen and oxygen atoms in total. The molecule has 132 valence electrons. The van der Waals surface area contributed by atoms with Gasteiger partial charge >= 0.3 is 5.97 Å². The largest absolute Gasteiger partial charge is 0.494 e. The van der Waals surface area contributed by atoms with Crippen molar-refractivity contribution in [1.82, 2.24) is 4.90 Å². The lowest BCUT2D eigenvalue weighted by atomic mass is 10.2. The summed E-state index contributed by atoms with van der Waals surface area (Å²) in [7, 11) is 1.30. The Balaban J connectivity index is 2.69. The minimum absolute atomic E-state index is 0.0891. The second-order valence-corrected chi connectivity index (χ2v) is 5.29. The molecule has 1 aromatic rings. The summed E-state index contributed by atoms with van der Waals surface area (Å²) in [6.07, 6.45) is 2.53. The fraction of sp³-hybridized carbons (Fsp3) is 0.444. The van der Waals surface area contributed by atoms with Crippen molar-refractivity contribution in [1.29, 1.82) is 0 Å². The molecule has 1 aromatic carbocycles. The molecule has 0 fully saturated rings. The molecule has 1 atom stereocenters. The summed E-state index contributed by atoms with van der Waals surface area (Å²) in [5, 5.41) is 9.51. The third-order valence-corrected chi connectivity index (χ3v) is 3.22. The molecule has 0 saturated heterocycles. The number of hydrogen-bond donors (Lipinski definition) is 1. The van der Waals surface area contributed by atoms with Crippen LogP contribution in [0.2, 0.25) is 0 Å². The van der Waals surface area contributed by atoms with Gasteiger partial charge in [-0.25, -0.2) is 0 Å².